The number of fused-ring (bicyclic) bond motifs is 5. The topological polar surface area (TPSA) is 12.0 Å². The molecule has 0 aliphatic heterocycles. The quantitative estimate of drug-likeness (QED) is 0.868. The molecule has 5 atom stereocenters. The molecule has 3 saturated carbocycles. The summed E-state index contributed by atoms with van der Waals surface area (Å²) in [6.45, 7) is 5.59. The lowest BCUT2D eigenvalue weighted by molar-refractivity contribution is 0.208. The van der Waals surface area contributed by atoms with Crippen LogP contribution in [-0.4, -0.2) is 6.04 Å². The van der Waals surface area contributed by atoms with E-state index >= 15 is 0 Å². The van der Waals surface area contributed by atoms with Gasteiger partial charge in [-0.15, -0.1) is 11.3 Å². The number of hydrogen-bond acceptors (Lipinski definition) is 2. The molecule has 1 N–H and O–H groups in total. The minimum Gasteiger partial charge on any atom is -0.310 e. The Labute approximate surface area is 120 Å². The molecule has 1 heterocycles. The minimum atomic E-state index is 0.823. The van der Waals surface area contributed by atoms with Crippen LogP contribution in [0, 0.1) is 37.5 Å². The van der Waals surface area contributed by atoms with E-state index in [1.165, 1.54) is 41.0 Å². The van der Waals surface area contributed by atoms with Crippen molar-refractivity contribution in [2.45, 2.75) is 58.5 Å². The van der Waals surface area contributed by atoms with Crippen LogP contribution in [0.15, 0.2) is 6.07 Å². The van der Waals surface area contributed by atoms with E-state index in [1.807, 2.05) is 11.3 Å². The van der Waals surface area contributed by atoms with Gasteiger partial charge in [0, 0.05) is 22.3 Å². The summed E-state index contributed by atoms with van der Waals surface area (Å²) in [5, 5.41) is 3.90. The first-order valence-corrected chi connectivity index (χ1v) is 8.83. The van der Waals surface area contributed by atoms with Crippen LogP contribution in [0.25, 0.3) is 0 Å². The van der Waals surface area contributed by atoms with Crippen LogP contribution in [0.1, 0.15) is 47.4 Å². The Morgan fingerprint density at radius 2 is 2.00 bits per heavy atom. The molecule has 1 aromatic rings. The largest absolute Gasteiger partial charge is 0.310 e. The molecule has 19 heavy (non-hydrogen) atoms. The number of aryl methyl sites for hydroxylation is 2. The van der Waals surface area contributed by atoms with Crippen LogP contribution in [0.3, 0.4) is 0 Å². The lowest BCUT2D eigenvalue weighted by Gasteiger charge is -2.32. The van der Waals surface area contributed by atoms with Crippen molar-refractivity contribution in [3.63, 3.8) is 0 Å². The zero-order valence-electron chi connectivity index (χ0n) is 12.1. The summed E-state index contributed by atoms with van der Waals surface area (Å²) < 4.78 is 0. The highest BCUT2D eigenvalue weighted by Gasteiger charge is 2.53. The second-order valence-electron chi connectivity index (χ2n) is 7.08. The summed E-state index contributed by atoms with van der Waals surface area (Å²) in [4.78, 5) is 2.96. The monoisotopic (exact) mass is 275 g/mol. The van der Waals surface area contributed by atoms with Crippen molar-refractivity contribution >= 4 is 11.3 Å². The Morgan fingerprint density at radius 1 is 1.16 bits per heavy atom. The third-order valence-corrected chi connectivity index (χ3v) is 7.14. The smallest absolute Gasteiger partial charge is 0.0219 e. The summed E-state index contributed by atoms with van der Waals surface area (Å²) in [6, 6.07) is 3.20. The molecule has 1 aromatic heterocycles. The fourth-order valence-electron chi connectivity index (χ4n) is 5.40. The van der Waals surface area contributed by atoms with Crippen LogP contribution in [0.4, 0.5) is 0 Å². The molecule has 0 spiro atoms. The first-order chi connectivity index (χ1) is 9.22. The van der Waals surface area contributed by atoms with E-state index in [4.69, 9.17) is 0 Å². The van der Waals surface area contributed by atoms with Gasteiger partial charge in [0.15, 0.2) is 0 Å². The maximum Gasteiger partial charge on any atom is 0.0219 e. The molecule has 3 aliphatic carbocycles. The zero-order chi connectivity index (χ0) is 13.0. The van der Waals surface area contributed by atoms with Gasteiger partial charge in [0.1, 0.15) is 0 Å². The van der Waals surface area contributed by atoms with Crippen molar-refractivity contribution in [1.82, 2.24) is 5.32 Å². The first kappa shape index (κ1) is 12.4. The molecule has 0 amide bonds. The van der Waals surface area contributed by atoms with Crippen molar-refractivity contribution in [1.29, 1.82) is 0 Å². The van der Waals surface area contributed by atoms with Crippen LogP contribution < -0.4 is 5.32 Å². The molecule has 3 fully saturated rings. The van der Waals surface area contributed by atoms with Gasteiger partial charge in [-0.1, -0.05) is 6.42 Å². The Morgan fingerprint density at radius 3 is 2.79 bits per heavy atom. The van der Waals surface area contributed by atoms with Gasteiger partial charge < -0.3 is 5.32 Å². The third-order valence-electron chi connectivity index (χ3n) is 6.13. The molecule has 104 valence electrons. The zero-order valence-corrected chi connectivity index (χ0v) is 12.9. The van der Waals surface area contributed by atoms with Gasteiger partial charge in [-0.2, -0.15) is 0 Å². The fraction of sp³-hybridized carbons (Fsp3) is 0.765. The van der Waals surface area contributed by atoms with Crippen molar-refractivity contribution in [2.24, 2.45) is 23.7 Å². The van der Waals surface area contributed by atoms with E-state index in [2.05, 4.69) is 25.2 Å². The summed E-state index contributed by atoms with van der Waals surface area (Å²) in [5.41, 5.74) is 1.54. The van der Waals surface area contributed by atoms with Crippen LogP contribution in [-0.2, 0) is 6.54 Å². The normalized spacial score (nSPS) is 40.0. The van der Waals surface area contributed by atoms with E-state index in [-0.39, 0.29) is 0 Å². The molecule has 3 aliphatic rings. The SMILES string of the molecule is Cc1cc(CNC2CC3CC2C2CCCC32)c(C)s1. The highest BCUT2D eigenvalue weighted by molar-refractivity contribution is 7.12. The highest BCUT2D eigenvalue weighted by atomic mass is 32.1. The van der Waals surface area contributed by atoms with Gasteiger partial charge in [-0.05, 0) is 74.8 Å². The lowest BCUT2D eigenvalue weighted by atomic mass is 9.79. The van der Waals surface area contributed by atoms with E-state index in [1.54, 1.807) is 6.42 Å². The van der Waals surface area contributed by atoms with Gasteiger partial charge in [-0.3, -0.25) is 0 Å². The summed E-state index contributed by atoms with van der Waals surface area (Å²) in [5.74, 6) is 4.28. The van der Waals surface area contributed by atoms with Crippen LogP contribution in [0.5, 0.6) is 0 Å². The molecule has 0 aromatic carbocycles. The average molecular weight is 275 g/mol. The average Bonchev–Trinajstić information content (AvgIpc) is 3.07. The molecule has 4 rings (SSSR count). The Kier molecular flexibility index (Phi) is 3.00. The van der Waals surface area contributed by atoms with Crippen molar-refractivity contribution in [3.05, 3.63) is 21.4 Å². The first-order valence-electron chi connectivity index (χ1n) is 8.01. The maximum atomic E-state index is 3.90. The second kappa shape index (κ2) is 4.60. The fourth-order valence-corrected chi connectivity index (χ4v) is 6.35. The van der Waals surface area contributed by atoms with Gasteiger partial charge >= 0.3 is 0 Å². The summed E-state index contributed by atoms with van der Waals surface area (Å²) in [6.07, 6.45) is 7.59. The van der Waals surface area contributed by atoms with Gasteiger partial charge in [0.25, 0.3) is 0 Å². The van der Waals surface area contributed by atoms with Crippen LogP contribution >= 0.6 is 11.3 Å². The number of nitrogens with one attached hydrogen (secondary N) is 1. The van der Waals surface area contributed by atoms with Crippen LogP contribution in [0.2, 0.25) is 0 Å². The summed E-state index contributed by atoms with van der Waals surface area (Å²) >= 11 is 1.94. The number of thiophene rings is 1. The molecule has 2 heteroatoms. The third kappa shape index (κ3) is 1.99. The van der Waals surface area contributed by atoms with Crippen molar-refractivity contribution in [2.75, 3.05) is 0 Å². The summed E-state index contributed by atoms with van der Waals surface area (Å²) in [7, 11) is 0. The molecular formula is C17H25NS. The van der Waals surface area contributed by atoms with Gasteiger partial charge in [-0.25, -0.2) is 0 Å². The van der Waals surface area contributed by atoms with E-state index in [0.29, 0.717) is 0 Å². The Hall–Kier alpha value is -0.340. The van der Waals surface area contributed by atoms with Crippen molar-refractivity contribution < 1.29 is 0 Å². The van der Waals surface area contributed by atoms with E-state index < -0.39 is 0 Å². The van der Waals surface area contributed by atoms with Gasteiger partial charge in [0.2, 0.25) is 0 Å². The molecule has 5 unspecified atom stereocenters. The predicted molar refractivity (Wildman–Crippen MR) is 81.5 cm³/mol. The highest BCUT2D eigenvalue weighted by Crippen LogP contribution is 2.58. The number of hydrogen-bond donors (Lipinski definition) is 1. The molecular weight excluding hydrogens is 250 g/mol. The van der Waals surface area contributed by atoms with Gasteiger partial charge in [0.05, 0.1) is 0 Å². The minimum absolute atomic E-state index is 0.823. The standard InChI is InChI=1S/C17H25NS/c1-10-6-13(11(2)19-10)9-18-17-8-12-7-16(17)15-5-3-4-14(12)15/h6,12,14-18H,3-5,7-9H2,1-2H3. The molecule has 2 bridgehead atoms. The number of rotatable bonds is 3. The lowest BCUT2D eigenvalue weighted by Crippen LogP contribution is -2.38. The Bertz CT molecular complexity index is 478. The molecule has 0 saturated heterocycles. The van der Waals surface area contributed by atoms with E-state index in [0.717, 1.165) is 36.3 Å². The van der Waals surface area contributed by atoms with Crippen molar-refractivity contribution in [3.8, 4) is 0 Å². The predicted octanol–water partition coefficient (Wildman–Crippen LogP) is 4.28. The van der Waals surface area contributed by atoms with E-state index in [9.17, 15) is 0 Å². The Balaban J connectivity index is 1.41. The maximum absolute atomic E-state index is 3.90. The second-order valence-corrected chi connectivity index (χ2v) is 8.54. The molecule has 1 nitrogen and oxygen atoms in total. The molecule has 0 radical (unpaired) electrons.